The molecule has 6 heteroatoms. The zero-order valence-electron chi connectivity index (χ0n) is 11.9. The molecule has 0 unspecified atom stereocenters. The van der Waals surface area contributed by atoms with Crippen LogP contribution >= 0.6 is 7.60 Å². The molecular weight excluding hydrogens is 267 g/mol. The van der Waals surface area contributed by atoms with Crippen LogP contribution < -0.4 is 0 Å². The second kappa shape index (κ2) is 9.96. The zero-order chi connectivity index (χ0) is 14.7. The summed E-state index contributed by atoms with van der Waals surface area (Å²) < 4.78 is 27.4. The van der Waals surface area contributed by atoms with Crippen LogP contribution in [0.5, 0.6) is 0 Å². The molecule has 0 fully saturated rings. The van der Waals surface area contributed by atoms with Gasteiger partial charge in [-0.05, 0) is 27.2 Å². The summed E-state index contributed by atoms with van der Waals surface area (Å²) in [6.45, 7) is 9.67. The number of rotatable bonds is 10. The molecule has 0 rings (SSSR count). The van der Waals surface area contributed by atoms with E-state index in [1.165, 1.54) is 0 Å². The van der Waals surface area contributed by atoms with E-state index in [1.54, 1.807) is 32.9 Å². The molecule has 0 amide bonds. The van der Waals surface area contributed by atoms with Gasteiger partial charge in [-0.3, -0.25) is 4.57 Å². The Morgan fingerprint density at radius 3 is 2.16 bits per heavy atom. The maximum absolute atomic E-state index is 12.2. The van der Waals surface area contributed by atoms with Crippen LogP contribution in [0.25, 0.3) is 0 Å². The number of allylic oxidation sites excluding steroid dienone is 2. The second-order valence-electron chi connectivity index (χ2n) is 3.57. The Kier molecular flexibility index (Phi) is 9.48. The first-order chi connectivity index (χ1) is 9.02. The Morgan fingerprint density at radius 1 is 1.16 bits per heavy atom. The molecule has 0 aromatic rings. The first-order valence-corrected chi connectivity index (χ1v) is 8.10. The molecule has 0 aromatic carbocycles. The summed E-state index contributed by atoms with van der Waals surface area (Å²) in [5.74, 6) is -0.429. The topological polar surface area (TPSA) is 61.8 Å². The summed E-state index contributed by atoms with van der Waals surface area (Å²) >= 11 is 0. The number of carbonyl (C=O) groups is 1. The first-order valence-electron chi connectivity index (χ1n) is 6.38. The summed E-state index contributed by atoms with van der Waals surface area (Å²) in [4.78, 5) is 11.7. The van der Waals surface area contributed by atoms with E-state index in [-0.39, 0.29) is 6.16 Å². The highest BCUT2D eigenvalue weighted by molar-refractivity contribution is 7.54. The van der Waals surface area contributed by atoms with Crippen molar-refractivity contribution in [1.29, 1.82) is 0 Å². The molecule has 0 spiro atoms. The van der Waals surface area contributed by atoms with E-state index < -0.39 is 13.6 Å². The van der Waals surface area contributed by atoms with Crippen LogP contribution in [0.4, 0.5) is 0 Å². The van der Waals surface area contributed by atoms with E-state index in [1.807, 2.05) is 0 Å². The van der Waals surface area contributed by atoms with Crippen LogP contribution in [0, 0.1) is 0 Å². The van der Waals surface area contributed by atoms with Crippen molar-refractivity contribution in [3.63, 3.8) is 0 Å². The summed E-state index contributed by atoms with van der Waals surface area (Å²) in [7, 11) is -3.17. The Hall–Kier alpha value is -0.900. The Labute approximate surface area is 115 Å². The molecule has 0 aliphatic heterocycles. The predicted octanol–water partition coefficient (Wildman–Crippen LogP) is 3.32. The maximum atomic E-state index is 12.2. The van der Waals surface area contributed by atoms with Crippen molar-refractivity contribution in [2.24, 2.45) is 0 Å². The van der Waals surface area contributed by atoms with E-state index in [2.05, 4.69) is 6.58 Å². The van der Waals surface area contributed by atoms with Crippen LogP contribution in [-0.2, 0) is 23.1 Å². The molecule has 0 saturated carbocycles. The van der Waals surface area contributed by atoms with Crippen molar-refractivity contribution < 1.29 is 23.1 Å². The molecule has 0 bridgehead atoms. The average molecular weight is 290 g/mol. The highest BCUT2D eigenvalue weighted by Crippen LogP contribution is 2.48. The molecule has 0 aromatic heterocycles. The molecule has 0 aliphatic carbocycles. The fourth-order valence-corrected chi connectivity index (χ4v) is 2.90. The SMILES string of the molecule is C=CC/C(=C\CP(=O)(OCC)OCC)C(=O)OCC. The first kappa shape index (κ1) is 18.1. The highest BCUT2D eigenvalue weighted by atomic mass is 31.2. The summed E-state index contributed by atoms with van der Waals surface area (Å²) in [5.41, 5.74) is 0.413. The van der Waals surface area contributed by atoms with Crippen molar-refractivity contribution in [2.45, 2.75) is 27.2 Å². The lowest BCUT2D eigenvalue weighted by molar-refractivity contribution is -0.138. The predicted molar refractivity (Wildman–Crippen MR) is 75.3 cm³/mol. The van der Waals surface area contributed by atoms with Gasteiger partial charge in [-0.25, -0.2) is 4.79 Å². The normalized spacial score (nSPS) is 12.3. The van der Waals surface area contributed by atoms with Gasteiger partial charge < -0.3 is 13.8 Å². The molecule has 0 N–H and O–H groups in total. The lowest BCUT2D eigenvalue weighted by Crippen LogP contribution is -2.08. The fraction of sp³-hybridized carbons (Fsp3) is 0.615. The second-order valence-corrected chi connectivity index (χ2v) is 5.68. The van der Waals surface area contributed by atoms with Gasteiger partial charge in [0.1, 0.15) is 0 Å². The van der Waals surface area contributed by atoms with E-state index in [9.17, 15) is 9.36 Å². The zero-order valence-corrected chi connectivity index (χ0v) is 12.8. The van der Waals surface area contributed by atoms with Crippen molar-refractivity contribution in [1.82, 2.24) is 0 Å². The van der Waals surface area contributed by atoms with Crippen LogP contribution in [0.15, 0.2) is 24.3 Å². The molecule has 110 valence electrons. The third kappa shape index (κ3) is 7.31. The van der Waals surface area contributed by atoms with E-state index in [0.717, 1.165) is 0 Å². The van der Waals surface area contributed by atoms with Crippen LogP contribution in [0.2, 0.25) is 0 Å². The Balaban J connectivity index is 4.86. The maximum Gasteiger partial charge on any atom is 0.334 e. The fourth-order valence-electron chi connectivity index (χ4n) is 1.39. The molecule has 0 aliphatic rings. The van der Waals surface area contributed by atoms with E-state index in [0.29, 0.717) is 31.8 Å². The minimum atomic E-state index is -3.17. The van der Waals surface area contributed by atoms with Crippen LogP contribution in [0.3, 0.4) is 0 Å². The molecular formula is C13H23O5P. The summed E-state index contributed by atoms with van der Waals surface area (Å²) in [6.07, 6.45) is 3.55. The largest absolute Gasteiger partial charge is 0.463 e. The van der Waals surface area contributed by atoms with Crippen LogP contribution in [-0.4, -0.2) is 32.0 Å². The van der Waals surface area contributed by atoms with Gasteiger partial charge in [0.05, 0.1) is 26.0 Å². The number of esters is 1. The van der Waals surface area contributed by atoms with Crippen molar-refractivity contribution in [3.8, 4) is 0 Å². The third-order valence-corrected chi connectivity index (χ3v) is 4.05. The van der Waals surface area contributed by atoms with Gasteiger partial charge in [0.25, 0.3) is 0 Å². The lowest BCUT2D eigenvalue weighted by Gasteiger charge is -2.15. The van der Waals surface area contributed by atoms with Gasteiger partial charge in [-0.2, -0.15) is 0 Å². The quantitative estimate of drug-likeness (QED) is 0.267. The molecule has 0 heterocycles. The molecule has 0 atom stereocenters. The smallest absolute Gasteiger partial charge is 0.334 e. The van der Waals surface area contributed by atoms with E-state index in [4.69, 9.17) is 13.8 Å². The summed E-state index contributed by atoms with van der Waals surface area (Å²) in [6, 6.07) is 0. The minimum Gasteiger partial charge on any atom is -0.463 e. The summed E-state index contributed by atoms with van der Waals surface area (Å²) in [5, 5.41) is 0. The number of ether oxygens (including phenoxy) is 1. The van der Waals surface area contributed by atoms with Crippen molar-refractivity contribution >= 4 is 13.6 Å². The monoisotopic (exact) mass is 290 g/mol. The molecule has 0 radical (unpaired) electrons. The van der Waals surface area contributed by atoms with Gasteiger partial charge >= 0.3 is 13.6 Å². The Morgan fingerprint density at radius 2 is 1.74 bits per heavy atom. The van der Waals surface area contributed by atoms with Gasteiger partial charge in [-0.15, -0.1) is 6.58 Å². The minimum absolute atomic E-state index is 0.0522. The third-order valence-electron chi connectivity index (χ3n) is 2.11. The van der Waals surface area contributed by atoms with Crippen molar-refractivity contribution in [3.05, 3.63) is 24.3 Å². The van der Waals surface area contributed by atoms with Crippen LogP contribution in [0.1, 0.15) is 27.2 Å². The number of carbonyl (C=O) groups excluding carboxylic acids is 1. The molecule has 19 heavy (non-hydrogen) atoms. The average Bonchev–Trinajstić information content (AvgIpc) is 2.35. The molecule has 5 nitrogen and oxygen atoms in total. The highest BCUT2D eigenvalue weighted by Gasteiger charge is 2.22. The lowest BCUT2D eigenvalue weighted by atomic mass is 10.2. The van der Waals surface area contributed by atoms with Gasteiger partial charge in [0.15, 0.2) is 0 Å². The standard InChI is InChI=1S/C13H23O5P/c1-5-9-12(13(14)16-6-2)10-11-19(15,17-7-3)18-8-4/h5,10H,1,6-9,11H2,2-4H3/b12-10+. The van der Waals surface area contributed by atoms with Gasteiger partial charge in [0.2, 0.25) is 0 Å². The van der Waals surface area contributed by atoms with Crippen molar-refractivity contribution in [2.75, 3.05) is 26.0 Å². The van der Waals surface area contributed by atoms with E-state index >= 15 is 0 Å². The number of hydrogen-bond donors (Lipinski definition) is 0. The van der Waals surface area contributed by atoms with Gasteiger partial charge in [0, 0.05) is 5.57 Å². The number of hydrogen-bond acceptors (Lipinski definition) is 5. The van der Waals surface area contributed by atoms with Gasteiger partial charge in [-0.1, -0.05) is 12.2 Å². The molecule has 0 saturated heterocycles. The Bertz CT molecular complexity index is 352.